The molecular weight excluding hydrogens is 378 g/mol. The SMILES string of the molecule is COc1ccccc1-c1nc2s/c(=C/c3cccc(OC)c3OC)c(=O)n2n1. The first kappa shape index (κ1) is 18.0. The molecule has 2 aromatic carbocycles. The number of para-hydroxylation sites is 2. The van der Waals surface area contributed by atoms with Crippen molar-refractivity contribution in [2.24, 2.45) is 0 Å². The fourth-order valence-electron chi connectivity index (χ4n) is 2.94. The molecule has 0 atom stereocenters. The van der Waals surface area contributed by atoms with Gasteiger partial charge in [0.25, 0.3) is 5.56 Å². The molecule has 7 nitrogen and oxygen atoms in total. The van der Waals surface area contributed by atoms with E-state index in [-0.39, 0.29) is 5.56 Å². The molecule has 8 heteroatoms. The molecule has 4 rings (SSSR count). The topological polar surface area (TPSA) is 75.0 Å². The number of benzene rings is 2. The second kappa shape index (κ2) is 7.32. The van der Waals surface area contributed by atoms with E-state index in [1.54, 1.807) is 33.5 Å². The lowest BCUT2D eigenvalue weighted by atomic mass is 10.2. The lowest BCUT2D eigenvalue weighted by Gasteiger charge is -2.09. The molecule has 0 unspecified atom stereocenters. The Hall–Kier alpha value is -3.39. The van der Waals surface area contributed by atoms with Gasteiger partial charge in [-0.05, 0) is 24.3 Å². The number of methoxy groups -OCH3 is 3. The summed E-state index contributed by atoms with van der Waals surface area (Å²) < 4.78 is 17.9. The van der Waals surface area contributed by atoms with Gasteiger partial charge in [-0.1, -0.05) is 35.6 Å². The van der Waals surface area contributed by atoms with Gasteiger partial charge in [0.15, 0.2) is 17.3 Å². The Bertz CT molecular complexity index is 1260. The molecule has 0 saturated heterocycles. The number of thiazole rings is 1. The van der Waals surface area contributed by atoms with Crippen LogP contribution >= 0.6 is 11.3 Å². The summed E-state index contributed by atoms with van der Waals surface area (Å²) in [7, 11) is 4.73. The molecule has 0 aliphatic rings. The molecule has 28 heavy (non-hydrogen) atoms. The van der Waals surface area contributed by atoms with Crippen LogP contribution in [0.15, 0.2) is 47.3 Å². The summed E-state index contributed by atoms with van der Waals surface area (Å²) >= 11 is 1.26. The van der Waals surface area contributed by atoms with Gasteiger partial charge in [-0.2, -0.15) is 9.50 Å². The van der Waals surface area contributed by atoms with E-state index in [0.29, 0.717) is 32.6 Å². The van der Waals surface area contributed by atoms with Crippen molar-refractivity contribution in [3.8, 4) is 28.6 Å². The van der Waals surface area contributed by atoms with Crippen molar-refractivity contribution in [1.29, 1.82) is 0 Å². The maximum atomic E-state index is 12.8. The van der Waals surface area contributed by atoms with Gasteiger partial charge in [-0.15, -0.1) is 5.10 Å². The van der Waals surface area contributed by atoms with E-state index < -0.39 is 0 Å². The minimum absolute atomic E-state index is 0.237. The molecule has 0 aliphatic carbocycles. The molecule has 2 aromatic heterocycles. The first-order valence-corrected chi connectivity index (χ1v) is 9.23. The Kier molecular flexibility index (Phi) is 4.70. The monoisotopic (exact) mass is 395 g/mol. The number of hydrogen-bond acceptors (Lipinski definition) is 7. The maximum Gasteiger partial charge on any atom is 0.291 e. The fourth-order valence-corrected chi connectivity index (χ4v) is 3.84. The number of rotatable bonds is 5. The van der Waals surface area contributed by atoms with Crippen LogP contribution < -0.4 is 24.3 Å². The van der Waals surface area contributed by atoms with E-state index in [9.17, 15) is 4.79 Å². The van der Waals surface area contributed by atoms with Crippen LogP contribution in [0.5, 0.6) is 17.2 Å². The van der Waals surface area contributed by atoms with Crippen LogP contribution in [0.4, 0.5) is 0 Å². The highest BCUT2D eigenvalue weighted by molar-refractivity contribution is 7.15. The molecular formula is C20H17N3O4S. The highest BCUT2D eigenvalue weighted by Gasteiger charge is 2.15. The quantitative estimate of drug-likeness (QED) is 0.517. The minimum atomic E-state index is -0.237. The second-order valence-corrected chi connectivity index (χ2v) is 6.84. The van der Waals surface area contributed by atoms with Crippen molar-refractivity contribution in [2.75, 3.05) is 21.3 Å². The molecule has 0 fully saturated rings. The Morgan fingerprint density at radius 1 is 0.964 bits per heavy atom. The standard InChI is InChI=1S/C20H17N3O4S/c1-25-14-9-5-4-8-13(14)18-21-20-23(22-18)19(24)16(28-20)11-12-7-6-10-15(26-2)17(12)27-3/h4-11H,1-3H3/b16-11+. The van der Waals surface area contributed by atoms with E-state index in [1.807, 2.05) is 36.4 Å². The number of hydrogen-bond donors (Lipinski definition) is 0. The minimum Gasteiger partial charge on any atom is -0.496 e. The molecule has 0 saturated carbocycles. The van der Waals surface area contributed by atoms with Gasteiger partial charge >= 0.3 is 0 Å². The number of aromatic nitrogens is 3. The van der Waals surface area contributed by atoms with Crippen LogP contribution in [0.3, 0.4) is 0 Å². The third kappa shape index (κ3) is 2.97. The summed E-state index contributed by atoms with van der Waals surface area (Å²) in [5, 5.41) is 4.38. The second-order valence-electron chi connectivity index (χ2n) is 5.83. The van der Waals surface area contributed by atoms with Crippen LogP contribution in [-0.2, 0) is 0 Å². The van der Waals surface area contributed by atoms with E-state index in [1.165, 1.54) is 15.9 Å². The van der Waals surface area contributed by atoms with Crippen LogP contribution in [0, 0.1) is 0 Å². The summed E-state index contributed by atoms with van der Waals surface area (Å²) in [5.41, 5.74) is 1.24. The zero-order valence-electron chi connectivity index (χ0n) is 15.5. The zero-order chi connectivity index (χ0) is 19.7. The molecule has 0 radical (unpaired) electrons. The largest absolute Gasteiger partial charge is 0.496 e. The molecule has 0 amide bonds. The molecule has 0 N–H and O–H groups in total. The van der Waals surface area contributed by atoms with E-state index >= 15 is 0 Å². The lowest BCUT2D eigenvalue weighted by Crippen LogP contribution is -2.23. The zero-order valence-corrected chi connectivity index (χ0v) is 16.3. The van der Waals surface area contributed by atoms with Gasteiger partial charge in [0, 0.05) is 5.56 Å². The summed E-state index contributed by atoms with van der Waals surface area (Å²) in [6, 6.07) is 12.9. The Balaban J connectivity index is 1.84. The lowest BCUT2D eigenvalue weighted by molar-refractivity contribution is 0.354. The van der Waals surface area contributed by atoms with Crippen molar-refractivity contribution in [1.82, 2.24) is 14.6 Å². The van der Waals surface area contributed by atoms with Crippen LogP contribution in [0.1, 0.15) is 5.56 Å². The molecule has 2 heterocycles. The van der Waals surface area contributed by atoms with Gasteiger partial charge < -0.3 is 14.2 Å². The highest BCUT2D eigenvalue weighted by Crippen LogP contribution is 2.31. The Morgan fingerprint density at radius 3 is 2.43 bits per heavy atom. The average molecular weight is 395 g/mol. The third-order valence-electron chi connectivity index (χ3n) is 4.25. The van der Waals surface area contributed by atoms with Gasteiger partial charge in [0.05, 0.1) is 31.4 Å². The van der Waals surface area contributed by atoms with Crippen molar-refractivity contribution in [3.63, 3.8) is 0 Å². The van der Waals surface area contributed by atoms with Crippen molar-refractivity contribution < 1.29 is 14.2 Å². The van der Waals surface area contributed by atoms with E-state index in [4.69, 9.17) is 14.2 Å². The number of ether oxygens (including phenoxy) is 3. The van der Waals surface area contributed by atoms with Gasteiger partial charge in [0.1, 0.15) is 5.75 Å². The summed E-state index contributed by atoms with van der Waals surface area (Å²) in [6.45, 7) is 0. The molecule has 0 spiro atoms. The molecule has 4 aromatic rings. The summed E-state index contributed by atoms with van der Waals surface area (Å²) in [4.78, 5) is 17.8. The molecule has 142 valence electrons. The fraction of sp³-hybridized carbons (Fsp3) is 0.150. The third-order valence-corrected chi connectivity index (χ3v) is 5.21. The first-order valence-electron chi connectivity index (χ1n) is 8.42. The van der Waals surface area contributed by atoms with E-state index in [0.717, 1.165) is 11.1 Å². The number of nitrogens with zero attached hydrogens (tertiary/aromatic N) is 3. The van der Waals surface area contributed by atoms with Crippen LogP contribution in [-0.4, -0.2) is 35.9 Å². The summed E-state index contributed by atoms with van der Waals surface area (Å²) in [5.74, 6) is 2.27. The van der Waals surface area contributed by atoms with Crippen LogP contribution in [0.25, 0.3) is 22.4 Å². The van der Waals surface area contributed by atoms with Crippen LogP contribution in [0.2, 0.25) is 0 Å². The molecule has 0 aliphatic heterocycles. The van der Waals surface area contributed by atoms with Gasteiger partial charge in [-0.25, -0.2) is 0 Å². The Morgan fingerprint density at radius 2 is 1.71 bits per heavy atom. The first-order chi connectivity index (χ1) is 13.7. The highest BCUT2D eigenvalue weighted by atomic mass is 32.1. The molecule has 0 bridgehead atoms. The predicted molar refractivity (Wildman–Crippen MR) is 107 cm³/mol. The van der Waals surface area contributed by atoms with Gasteiger partial charge in [-0.3, -0.25) is 4.79 Å². The smallest absolute Gasteiger partial charge is 0.291 e. The summed E-state index contributed by atoms with van der Waals surface area (Å²) in [6.07, 6.45) is 1.76. The van der Waals surface area contributed by atoms with Crippen molar-refractivity contribution >= 4 is 22.4 Å². The maximum absolute atomic E-state index is 12.8. The number of fused-ring (bicyclic) bond motifs is 1. The van der Waals surface area contributed by atoms with Gasteiger partial charge in [0.2, 0.25) is 4.96 Å². The predicted octanol–water partition coefficient (Wildman–Crippen LogP) is 2.39. The Labute approximate surface area is 164 Å². The van der Waals surface area contributed by atoms with Crippen molar-refractivity contribution in [3.05, 3.63) is 62.9 Å². The average Bonchev–Trinajstić information content (AvgIpc) is 3.27. The normalized spacial score (nSPS) is 11.8. The van der Waals surface area contributed by atoms with E-state index in [2.05, 4.69) is 10.1 Å². The van der Waals surface area contributed by atoms with Crippen molar-refractivity contribution in [2.45, 2.75) is 0 Å².